The first-order valence-corrected chi connectivity index (χ1v) is 12.7. The first-order valence-electron chi connectivity index (χ1n) is 12.7. The lowest BCUT2D eigenvalue weighted by atomic mass is 10.0. The summed E-state index contributed by atoms with van der Waals surface area (Å²) in [4.78, 5) is 28.0. The van der Waals surface area contributed by atoms with Gasteiger partial charge in [-0.3, -0.25) is 4.79 Å². The van der Waals surface area contributed by atoms with Crippen LogP contribution in [-0.4, -0.2) is 64.8 Å². The van der Waals surface area contributed by atoms with Crippen LogP contribution >= 0.6 is 0 Å². The maximum absolute atomic E-state index is 13.3. The number of nitrogens with one attached hydrogen (secondary N) is 2. The van der Waals surface area contributed by atoms with Gasteiger partial charge < -0.3 is 29.4 Å². The molecule has 1 radical (unpaired) electrons. The van der Waals surface area contributed by atoms with Gasteiger partial charge in [-0.05, 0) is 43.9 Å². The normalized spacial score (nSPS) is 17.6. The Hall–Kier alpha value is -3.33. The zero-order chi connectivity index (χ0) is 25.1. The average Bonchev–Trinajstić information content (AvgIpc) is 3.51. The molecule has 1 amide bonds. The first kappa shape index (κ1) is 24.4. The Morgan fingerprint density at radius 1 is 1.28 bits per heavy atom. The summed E-state index contributed by atoms with van der Waals surface area (Å²) in [5.74, 6) is 3.15. The number of unbranched alkanes of at least 4 members (excludes halogenated alkanes) is 1. The Labute approximate surface area is 211 Å². The van der Waals surface area contributed by atoms with Gasteiger partial charge in [0, 0.05) is 25.3 Å². The van der Waals surface area contributed by atoms with Crippen molar-refractivity contribution < 1.29 is 19.0 Å². The Kier molecular flexibility index (Phi) is 7.27. The minimum Gasteiger partial charge on any atom is -0.493 e. The van der Waals surface area contributed by atoms with Crippen LogP contribution in [0.15, 0.2) is 24.7 Å². The molecule has 1 unspecified atom stereocenters. The highest BCUT2D eigenvalue weighted by Crippen LogP contribution is 2.47. The molecule has 0 aliphatic carbocycles. The number of fused-ring (bicyclic) bond motifs is 2. The molecule has 4 heterocycles. The highest BCUT2D eigenvalue weighted by molar-refractivity contribution is 6.08. The van der Waals surface area contributed by atoms with Crippen LogP contribution in [0, 0.1) is 5.92 Å². The minimum absolute atomic E-state index is 0.110. The molecule has 1 saturated heterocycles. The predicted molar refractivity (Wildman–Crippen MR) is 137 cm³/mol. The number of amides is 1. The van der Waals surface area contributed by atoms with Crippen LogP contribution in [0.4, 0.5) is 0 Å². The predicted octanol–water partition coefficient (Wildman–Crippen LogP) is 4.34. The third-order valence-electron chi connectivity index (χ3n) is 6.58. The van der Waals surface area contributed by atoms with Crippen molar-refractivity contribution in [1.82, 2.24) is 25.2 Å². The number of hydrogen-bond acceptors (Lipinski definition) is 7. The number of H-pyrrole nitrogens is 1. The van der Waals surface area contributed by atoms with Gasteiger partial charge in [0.1, 0.15) is 23.3 Å². The second-order valence-electron chi connectivity index (χ2n) is 9.78. The number of nitrogens with zero attached hydrogens (tertiary/aromatic N) is 3. The molecule has 1 aromatic carbocycles. The van der Waals surface area contributed by atoms with E-state index in [0.29, 0.717) is 51.7 Å². The largest absolute Gasteiger partial charge is 0.493 e. The molecule has 36 heavy (non-hydrogen) atoms. The molecule has 2 aliphatic rings. The number of ether oxygens (including phenoxy) is 3. The van der Waals surface area contributed by atoms with Gasteiger partial charge in [0.25, 0.3) is 5.91 Å². The number of aromatic amines is 1. The summed E-state index contributed by atoms with van der Waals surface area (Å²) in [7, 11) is 0. The zero-order valence-corrected chi connectivity index (χ0v) is 21.2. The van der Waals surface area contributed by atoms with E-state index in [-0.39, 0.29) is 18.7 Å². The molecular weight excluding hydrogens is 458 g/mol. The van der Waals surface area contributed by atoms with Crippen molar-refractivity contribution in [3.8, 4) is 28.5 Å². The van der Waals surface area contributed by atoms with E-state index in [9.17, 15) is 4.79 Å². The van der Waals surface area contributed by atoms with Gasteiger partial charge in [-0.15, -0.1) is 0 Å². The van der Waals surface area contributed by atoms with Gasteiger partial charge in [0.15, 0.2) is 11.5 Å². The molecule has 1 atom stereocenters. The number of carbonyl (C=O) groups excluding carboxylic acids is 1. The molecular formula is C27H34N5O4. The highest BCUT2D eigenvalue weighted by Gasteiger charge is 2.28. The van der Waals surface area contributed by atoms with Gasteiger partial charge in [-0.1, -0.05) is 27.2 Å². The van der Waals surface area contributed by atoms with Crippen molar-refractivity contribution in [1.29, 1.82) is 0 Å². The van der Waals surface area contributed by atoms with Gasteiger partial charge in [-0.2, -0.15) is 0 Å². The van der Waals surface area contributed by atoms with E-state index in [4.69, 9.17) is 14.2 Å². The van der Waals surface area contributed by atoms with Crippen LogP contribution in [0.5, 0.6) is 17.2 Å². The van der Waals surface area contributed by atoms with Gasteiger partial charge in [0.2, 0.25) is 6.79 Å². The second-order valence-corrected chi connectivity index (χ2v) is 9.78. The maximum Gasteiger partial charge on any atom is 0.255 e. The van der Waals surface area contributed by atoms with Crippen LogP contribution < -0.4 is 19.5 Å². The molecule has 191 valence electrons. The Morgan fingerprint density at radius 3 is 3.00 bits per heavy atom. The quantitative estimate of drug-likeness (QED) is 0.429. The fourth-order valence-electron chi connectivity index (χ4n) is 4.95. The summed E-state index contributed by atoms with van der Waals surface area (Å²) >= 11 is 0. The van der Waals surface area contributed by atoms with Crippen LogP contribution in [0.25, 0.3) is 22.3 Å². The van der Waals surface area contributed by atoms with Crippen molar-refractivity contribution in [2.24, 2.45) is 0 Å². The summed E-state index contributed by atoms with van der Waals surface area (Å²) in [6.07, 6.45) is 7.20. The number of aromatic nitrogens is 3. The molecule has 0 bridgehead atoms. The third-order valence-corrected chi connectivity index (χ3v) is 6.58. The molecule has 0 saturated carbocycles. The number of piperidine rings is 1. The summed E-state index contributed by atoms with van der Waals surface area (Å²) < 4.78 is 17.5. The SMILES string of the molecule is CCCCOc1ccc2c(c1-c1ncnc3c(C(=O)NC4CCCN(C[C](C)C)C4)c[nH]c13)OCO2. The lowest BCUT2D eigenvalue weighted by Crippen LogP contribution is -2.48. The van der Waals surface area contributed by atoms with Crippen LogP contribution in [0.3, 0.4) is 0 Å². The molecule has 2 aliphatic heterocycles. The number of carbonyl (C=O) groups is 1. The molecule has 5 rings (SSSR count). The zero-order valence-electron chi connectivity index (χ0n) is 21.2. The second kappa shape index (κ2) is 10.7. The van der Waals surface area contributed by atoms with Gasteiger partial charge in [0.05, 0.1) is 23.3 Å². The Morgan fingerprint density at radius 2 is 2.17 bits per heavy atom. The lowest BCUT2D eigenvalue weighted by Gasteiger charge is -2.33. The van der Waals surface area contributed by atoms with Crippen molar-refractivity contribution >= 4 is 16.9 Å². The Balaban J connectivity index is 1.44. The fourth-order valence-corrected chi connectivity index (χ4v) is 4.95. The van der Waals surface area contributed by atoms with E-state index in [1.54, 1.807) is 6.20 Å². The molecule has 1 fully saturated rings. The van der Waals surface area contributed by atoms with E-state index in [0.717, 1.165) is 45.3 Å². The lowest BCUT2D eigenvalue weighted by molar-refractivity contribution is 0.0907. The van der Waals surface area contributed by atoms with Crippen molar-refractivity contribution in [3.05, 3.63) is 36.1 Å². The van der Waals surface area contributed by atoms with Crippen LogP contribution in [-0.2, 0) is 0 Å². The van der Waals surface area contributed by atoms with Crippen molar-refractivity contribution in [2.75, 3.05) is 33.0 Å². The fraction of sp³-hybridized carbons (Fsp3) is 0.481. The van der Waals surface area contributed by atoms with Gasteiger partial charge >= 0.3 is 0 Å². The van der Waals surface area contributed by atoms with Crippen LogP contribution in [0.1, 0.15) is 56.8 Å². The number of benzene rings is 1. The van der Waals surface area contributed by atoms with E-state index in [1.165, 1.54) is 12.2 Å². The molecule has 2 N–H and O–H groups in total. The Bertz CT molecular complexity index is 1220. The van der Waals surface area contributed by atoms with E-state index < -0.39 is 0 Å². The number of hydrogen-bond donors (Lipinski definition) is 2. The monoisotopic (exact) mass is 492 g/mol. The molecule has 0 spiro atoms. The summed E-state index contributed by atoms with van der Waals surface area (Å²) in [6, 6.07) is 3.84. The molecule has 3 aromatic rings. The van der Waals surface area contributed by atoms with Crippen molar-refractivity contribution in [3.63, 3.8) is 0 Å². The number of rotatable bonds is 9. The molecule has 9 heteroatoms. The van der Waals surface area contributed by atoms with Gasteiger partial charge in [-0.25, -0.2) is 9.97 Å². The summed E-state index contributed by atoms with van der Waals surface area (Å²) in [5.41, 5.74) is 3.05. The maximum atomic E-state index is 13.3. The number of likely N-dealkylation sites (tertiary alicyclic amines) is 1. The van der Waals surface area contributed by atoms with Crippen molar-refractivity contribution in [2.45, 2.75) is 52.5 Å². The topological polar surface area (TPSA) is 102 Å². The average molecular weight is 493 g/mol. The summed E-state index contributed by atoms with van der Waals surface area (Å²) in [6.45, 7) is 10.0. The standard InChI is InChI=1S/C27H34N5O4/c1-4-5-11-34-20-8-9-21-26(36-16-35-21)22(20)24-25-23(29-15-30-24)19(12-28-25)27(33)31-18-7-6-10-32(14-18)13-17(2)3/h8-9,12,15,18,28H,4-7,10-11,13-14,16H2,1-3H3,(H,31,33). The van der Waals surface area contributed by atoms with E-state index >= 15 is 0 Å². The summed E-state index contributed by atoms with van der Waals surface area (Å²) in [5, 5.41) is 3.22. The highest BCUT2D eigenvalue weighted by atomic mass is 16.7. The van der Waals surface area contributed by atoms with E-state index in [2.05, 4.69) is 45.9 Å². The first-order chi connectivity index (χ1) is 17.5. The molecule has 9 nitrogen and oxygen atoms in total. The van der Waals surface area contributed by atoms with E-state index in [1.807, 2.05) is 12.1 Å². The minimum atomic E-state index is -0.132. The third kappa shape index (κ3) is 4.97. The smallest absolute Gasteiger partial charge is 0.255 e. The van der Waals surface area contributed by atoms with Crippen LogP contribution in [0.2, 0.25) is 0 Å². The molecule has 2 aromatic heterocycles.